The topological polar surface area (TPSA) is 97.7 Å². The molecule has 0 aliphatic heterocycles. The zero-order valence-electron chi connectivity index (χ0n) is 13.3. The number of nitrogens with one attached hydrogen (secondary N) is 1. The molecule has 0 fully saturated rings. The predicted molar refractivity (Wildman–Crippen MR) is 92.3 cm³/mol. The van der Waals surface area contributed by atoms with Crippen molar-refractivity contribution in [1.82, 2.24) is 5.43 Å². The van der Waals surface area contributed by atoms with E-state index in [1.165, 1.54) is 36.5 Å². The molecule has 0 saturated heterocycles. The van der Waals surface area contributed by atoms with E-state index >= 15 is 0 Å². The number of nitro groups is 1. The number of non-ortho nitro benzene ring substituents is 1. The van der Waals surface area contributed by atoms with Crippen LogP contribution in [0.3, 0.4) is 0 Å². The third-order valence-electron chi connectivity index (χ3n) is 3.47. The molecule has 3 rings (SSSR count). The number of hydrogen-bond donors (Lipinski definition) is 1. The van der Waals surface area contributed by atoms with Gasteiger partial charge in [0.1, 0.15) is 17.3 Å². The van der Waals surface area contributed by atoms with Crippen LogP contribution in [-0.4, -0.2) is 17.0 Å². The maximum absolute atomic E-state index is 13.5. The van der Waals surface area contributed by atoms with Crippen molar-refractivity contribution in [3.05, 3.63) is 87.9 Å². The average Bonchev–Trinajstić information content (AvgIpc) is 3.11. The lowest BCUT2D eigenvalue weighted by molar-refractivity contribution is -0.384. The van der Waals surface area contributed by atoms with Crippen LogP contribution in [0.2, 0.25) is 0 Å². The van der Waals surface area contributed by atoms with Crippen molar-refractivity contribution >= 4 is 17.8 Å². The second-order valence-corrected chi connectivity index (χ2v) is 5.18. The molecule has 8 heteroatoms. The average molecular weight is 353 g/mol. The summed E-state index contributed by atoms with van der Waals surface area (Å²) < 4.78 is 19.0. The van der Waals surface area contributed by atoms with Crippen LogP contribution in [-0.2, 0) is 0 Å². The van der Waals surface area contributed by atoms with E-state index in [-0.39, 0.29) is 11.3 Å². The van der Waals surface area contributed by atoms with Crippen molar-refractivity contribution in [2.75, 3.05) is 0 Å². The summed E-state index contributed by atoms with van der Waals surface area (Å²) in [5.41, 5.74) is 2.74. The first-order chi connectivity index (χ1) is 12.5. The van der Waals surface area contributed by atoms with E-state index in [0.717, 1.165) is 0 Å². The molecule has 1 amide bonds. The molecule has 0 unspecified atom stereocenters. The number of hydrazone groups is 1. The molecule has 0 saturated carbocycles. The van der Waals surface area contributed by atoms with E-state index in [2.05, 4.69) is 10.5 Å². The van der Waals surface area contributed by atoms with Crippen LogP contribution >= 0.6 is 0 Å². The van der Waals surface area contributed by atoms with Crippen LogP contribution in [0.25, 0.3) is 11.3 Å². The summed E-state index contributed by atoms with van der Waals surface area (Å²) in [5.74, 6) is -0.478. The quantitative estimate of drug-likeness (QED) is 0.429. The number of halogens is 1. The Bertz CT molecular complexity index is 980. The van der Waals surface area contributed by atoms with Crippen molar-refractivity contribution in [2.45, 2.75) is 0 Å². The molecular weight excluding hydrogens is 341 g/mol. The number of carbonyl (C=O) groups is 1. The Morgan fingerprint density at radius 2 is 1.85 bits per heavy atom. The standard InChI is InChI=1S/C18H12FN3O4/c19-16-4-2-1-3-15(16)18(23)21-20-11-14-9-10-17(26-14)12-5-7-13(8-6-12)22(24)25/h1-11H,(H,21,23)/b20-11+. The number of carbonyl (C=O) groups excluding carboxylic acids is 1. The molecule has 1 N–H and O–H groups in total. The van der Waals surface area contributed by atoms with Gasteiger partial charge in [-0.05, 0) is 36.4 Å². The summed E-state index contributed by atoms with van der Waals surface area (Å²) in [4.78, 5) is 22.0. The van der Waals surface area contributed by atoms with Gasteiger partial charge in [0.05, 0.1) is 16.7 Å². The lowest BCUT2D eigenvalue weighted by Gasteiger charge is -2.00. The Labute approximate surface area is 146 Å². The van der Waals surface area contributed by atoms with Crippen LogP contribution < -0.4 is 5.43 Å². The monoisotopic (exact) mass is 353 g/mol. The van der Waals surface area contributed by atoms with Crippen molar-refractivity contribution < 1.29 is 18.5 Å². The van der Waals surface area contributed by atoms with Crippen LogP contribution in [0.1, 0.15) is 16.1 Å². The Balaban J connectivity index is 1.66. The first kappa shape index (κ1) is 17.0. The first-order valence-electron chi connectivity index (χ1n) is 7.47. The van der Waals surface area contributed by atoms with E-state index in [4.69, 9.17) is 4.42 Å². The van der Waals surface area contributed by atoms with Crippen LogP contribution in [0.15, 0.2) is 70.2 Å². The Kier molecular flexibility index (Phi) is 4.84. The number of nitrogens with zero attached hydrogens (tertiary/aromatic N) is 2. The molecule has 130 valence electrons. The highest BCUT2D eigenvalue weighted by molar-refractivity contribution is 5.94. The van der Waals surface area contributed by atoms with Gasteiger partial charge in [-0.25, -0.2) is 9.82 Å². The maximum atomic E-state index is 13.5. The largest absolute Gasteiger partial charge is 0.455 e. The Morgan fingerprint density at radius 3 is 2.54 bits per heavy atom. The van der Waals surface area contributed by atoms with Crippen molar-refractivity contribution in [3.63, 3.8) is 0 Å². The summed E-state index contributed by atoms with van der Waals surface area (Å²) in [6, 6.07) is 14.7. The molecule has 0 atom stereocenters. The third kappa shape index (κ3) is 3.81. The summed E-state index contributed by atoms with van der Waals surface area (Å²) >= 11 is 0. The van der Waals surface area contributed by atoms with E-state index in [0.29, 0.717) is 17.1 Å². The predicted octanol–water partition coefficient (Wildman–Crippen LogP) is 3.76. The van der Waals surface area contributed by atoms with Gasteiger partial charge in [0.25, 0.3) is 11.6 Å². The number of furan rings is 1. The Hall–Kier alpha value is -3.81. The highest BCUT2D eigenvalue weighted by atomic mass is 19.1. The summed E-state index contributed by atoms with van der Waals surface area (Å²) in [7, 11) is 0. The molecule has 1 aromatic heterocycles. The van der Waals surface area contributed by atoms with Gasteiger partial charge in [-0.2, -0.15) is 5.10 Å². The second kappa shape index (κ2) is 7.39. The third-order valence-corrected chi connectivity index (χ3v) is 3.47. The fraction of sp³-hybridized carbons (Fsp3) is 0. The molecule has 2 aromatic carbocycles. The summed E-state index contributed by atoms with van der Waals surface area (Å²) in [6.45, 7) is 0. The molecule has 1 heterocycles. The zero-order chi connectivity index (χ0) is 18.5. The molecule has 0 aliphatic rings. The van der Waals surface area contributed by atoms with Crippen molar-refractivity contribution in [1.29, 1.82) is 0 Å². The maximum Gasteiger partial charge on any atom is 0.274 e. The van der Waals surface area contributed by atoms with E-state index in [1.807, 2.05) is 0 Å². The number of hydrogen-bond acceptors (Lipinski definition) is 5. The molecule has 3 aromatic rings. The van der Waals surface area contributed by atoms with Gasteiger partial charge in [-0.3, -0.25) is 14.9 Å². The van der Waals surface area contributed by atoms with Crippen molar-refractivity contribution in [3.8, 4) is 11.3 Å². The highest BCUT2D eigenvalue weighted by Gasteiger charge is 2.10. The van der Waals surface area contributed by atoms with Crippen molar-refractivity contribution in [2.24, 2.45) is 5.10 Å². The number of nitro benzene ring substituents is 1. The smallest absolute Gasteiger partial charge is 0.274 e. The lowest BCUT2D eigenvalue weighted by Crippen LogP contribution is -2.18. The zero-order valence-corrected chi connectivity index (χ0v) is 13.3. The SMILES string of the molecule is O=C(N/N=C/c1ccc(-c2ccc([N+](=O)[O-])cc2)o1)c1ccccc1F. The minimum atomic E-state index is -0.679. The molecule has 7 nitrogen and oxygen atoms in total. The minimum Gasteiger partial charge on any atom is -0.455 e. The van der Waals surface area contributed by atoms with Gasteiger partial charge in [-0.1, -0.05) is 12.1 Å². The molecule has 0 radical (unpaired) electrons. The summed E-state index contributed by atoms with van der Waals surface area (Å²) in [5, 5.41) is 14.4. The van der Waals surface area contributed by atoms with Crippen LogP contribution in [0, 0.1) is 15.9 Å². The molecular formula is C18H12FN3O4. The number of amides is 1. The number of benzene rings is 2. The van der Waals surface area contributed by atoms with Gasteiger partial charge in [0.2, 0.25) is 0 Å². The van der Waals surface area contributed by atoms with E-state index in [9.17, 15) is 19.3 Å². The summed E-state index contributed by atoms with van der Waals surface area (Å²) in [6.07, 6.45) is 1.27. The molecule has 0 spiro atoms. The second-order valence-electron chi connectivity index (χ2n) is 5.18. The molecule has 26 heavy (non-hydrogen) atoms. The lowest BCUT2D eigenvalue weighted by atomic mass is 10.1. The fourth-order valence-corrected chi connectivity index (χ4v) is 2.18. The van der Waals surface area contributed by atoms with Crippen LogP contribution in [0.4, 0.5) is 10.1 Å². The van der Waals surface area contributed by atoms with Gasteiger partial charge >= 0.3 is 0 Å². The Morgan fingerprint density at radius 1 is 1.12 bits per heavy atom. The van der Waals surface area contributed by atoms with Gasteiger partial charge in [0.15, 0.2) is 0 Å². The van der Waals surface area contributed by atoms with Crippen LogP contribution in [0.5, 0.6) is 0 Å². The van der Waals surface area contributed by atoms with E-state index in [1.54, 1.807) is 30.3 Å². The highest BCUT2D eigenvalue weighted by Crippen LogP contribution is 2.24. The minimum absolute atomic E-state index is 0.0158. The van der Waals surface area contributed by atoms with Gasteiger partial charge in [0, 0.05) is 17.7 Å². The first-order valence-corrected chi connectivity index (χ1v) is 7.47. The molecule has 0 aliphatic carbocycles. The number of rotatable bonds is 5. The fourth-order valence-electron chi connectivity index (χ4n) is 2.18. The normalized spacial score (nSPS) is 10.8. The van der Waals surface area contributed by atoms with Gasteiger partial charge < -0.3 is 4.42 Å². The molecule has 0 bridgehead atoms. The van der Waals surface area contributed by atoms with Gasteiger partial charge in [-0.15, -0.1) is 0 Å². The van der Waals surface area contributed by atoms with E-state index < -0.39 is 16.6 Å².